The van der Waals surface area contributed by atoms with E-state index in [-0.39, 0.29) is 18.1 Å². The second-order valence-electron chi connectivity index (χ2n) is 4.21. The molecule has 0 spiro atoms. The maximum Gasteiger partial charge on any atom is 0.354 e. The van der Waals surface area contributed by atoms with Gasteiger partial charge in [0, 0.05) is 18.9 Å². The molecule has 0 fully saturated rings. The molecule has 0 saturated carbocycles. The molecule has 0 bridgehead atoms. The van der Waals surface area contributed by atoms with E-state index in [1.54, 1.807) is 17.8 Å². The number of amides is 1. The molecule has 2 rings (SSSR count). The molecule has 8 nitrogen and oxygen atoms in total. The topological polar surface area (TPSA) is 102 Å². The summed E-state index contributed by atoms with van der Waals surface area (Å²) in [6.07, 6.45) is 3.07. The molecule has 0 aromatic carbocycles. The van der Waals surface area contributed by atoms with Gasteiger partial charge in [-0.15, -0.1) is 0 Å². The highest BCUT2D eigenvalue weighted by molar-refractivity contribution is 5.92. The van der Waals surface area contributed by atoms with Gasteiger partial charge in [0.25, 0.3) is 0 Å². The molecule has 2 N–H and O–H groups in total. The first kappa shape index (κ1) is 13.8. The Morgan fingerprint density at radius 3 is 2.80 bits per heavy atom. The predicted octanol–water partition coefficient (Wildman–Crippen LogP) is 0.745. The number of hydrogen-bond donors (Lipinski definition) is 2. The van der Waals surface area contributed by atoms with Gasteiger partial charge < -0.3 is 10.4 Å². The molecule has 0 aliphatic heterocycles. The maximum absolute atomic E-state index is 11.9. The third-order valence-corrected chi connectivity index (χ3v) is 2.77. The number of nitrogens with one attached hydrogen (secondary N) is 1. The van der Waals surface area contributed by atoms with E-state index in [1.165, 1.54) is 12.3 Å². The summed E-state index contributed by atoms with van der Waals surface area (Å²) in [5.41, 5.74) is 1.29. The van der Waals surface area contributed by atoms with Crippen molar-refractivity contribution in [2.45, 2.75) is 26.9 Å². The average molecular weight is 277 g/mol. The first-order chi connectivity index (χ1) is 9.51. The van der Waals surface area contributed by atoms with E-state index < -0.39 is 5.97 Å². The van der Waals surface area contributed by atoms with Crippen LogP contribution in [0.1, 0.15) is 23.1 Å². The zero-order chi connectivity index (χ0) is 14.7. The van der Waals surface area contributed by atoms with Crippen molar-refractivity contribution in [2.75, 3.05) is 5.32 Å². The van der Waals surface area contributed by atoms with Crippen LogP contribution in [0.2, 0.25) is 0 Å². The summed E-state index contributed by atoms with van der Waals surface area (Å²) in [6.45, 7) is 4.28. The van der Waals surface area contributed by atoms with Gasteiger partial charge in [0.1, 0.15) is 12.2 Å². The van der Waals surface area contributed by atoms with Crippen LogP contribution in [0, 0.1) is 6.92 Å². The Hall–Kier alpha value is -2.64. The minimum Gasteiger partial charge on any atom is -0.477 e. The van der Waals surface area contributed by atoms with Gasteiger partial charge in [0.2, 0.25) is 5.91 Å². The Balaban J connectivity index is 2.07. The third-order valence-electron chi connectivity index (χ3n) is 2.77. The molecule has 106 valence electrons. The van der Waals surface area contributed by atoms with Crippen LogP contribution >= 0.6 is 0 Å². The standard InChI is InChI=1S/C12H15N5O3/c1-3-16-6-9(8(2)15-16)14-11(18)7-17-10(12(19)20)4-5-13-17/h4-6H,3,7H2,1-2H3,(H,14,18)(H,19,20). The quantitative estimate of drug-likeness (QED) is 0.839. The van der Waals surface area contributed by atoms with Crippen LogP contribution in [-0.2, 0) is 17.9 Å². The van der Waals surface area contributed by atoms with Crippen molar-refractivity contribution < 1.29 is 14.7 Å². The zero-order valence-corrected chi connectivity index (χ0v) is 11.2. The van der Waals surface area contributed by atoms with Gasteiger partial charge in [-0.3, -0.25) is 9.48 Å². The van der Waals surface area contributed by atoms with Crippen molar-refractivity contribution in [3.8, 4) is 0 Å². The zero-order valence-electron chi connectivity index (χ0n) is 11.2. The first-order valence-corrected chi connectivity index (χ1v) is 6.10. The molecule has 2 aromatic heterocycles. The summed E-state index contributed by atoms with van der Waals surface area (Å²) in [5.74, 6) is -1.47. The number of carboxylic acids is 1. The average Bonchev–Trinajstić information content (AvgIpc) is 2.97. The monoisotopic (exact) mass is 277 g/mol. The smallest absolute Gasteiger partial charge is 0.354 e. The summed E-state index contributed by atoms with van der Waals surface area (Å²) in [4.78, 5) is 22.8. The number of hydrogen-bond acceptors (Lipinski definition) is 4. The van der Waals surface area contributed by atoms with Crippen molar-refractivity contribution in [3.63, 3.8) is 0 Å². The summed E-state index contributed by atoms with van der Waals surface area (Å²) in [7, 11) is 0. The second kappa shape index (κ2) is 5.55. The summed E-state index contributed by atoms with van der Waals surface area (Å²) in [6, 6.07) is 1.34. The lowest BCUT2D eigenvalue weighted by Crippen LogP contribution is -2.22. The van der Waals surface area contributed by atoms with Gasteiger partial charge in [0.05, 0.1) is 11.4 Å². The Bertz CT molecular complexity index is 643. The van der Waals surface area contributed by atoms with Crippen molar-refractivity contribution in [1.82, 2.24) is 19.6 Å². The second-order valence-corrected chi connectivity index (χ2v) is 4.21. The van der Waals surface area contributed by atoms with Crippen molar-refractivity contribution >= 4 is 17.6 Å². The third kappa shape index (κ3) is 2.85. The predicted molar refractivity (Wildman–Crippen MR) is 70.5 cm³/mol. The van der Waals surface area contributed by atoms with Crippen LogP contribution in [0.25, 0.3) is 0 Å². The van der Waals surface area contributed by atoms with Crippen LogP contribution in [0.5, 0.6) is 0 Å². The molecule has 20 heavy (non-hydrogen) atoms. The number of anilines is 1. The van der Waals surface area contributed by atoms with Gasteiger partial charge in [0.15, 0.2) is 0 Å². The largest absolute Gasteiger partial charge is 0.477 e. The number of aromatic carboxylic acids is 1. The van der Waals surface area contributed by atoms with Crippen LogP contribution in [0.3, 0.4) is 0 Å². The highest BCUT2D eigenvalue weighted by atomic mass is 16.4. The van der Waals surface area contributed by atoms with Crippen LogP contribution < -0.4 is 5.32 Å². The molecule has 1 amide bonds. The van der Waals surface area contributed by atoms with E-state index >= 15 is 0 Å². The van der Waals surface area contributed by atoms with Gasteiger partial charge >= 0.3 is 5.97 Å². The van der Waals surface area contributed by atoms with Crippen molar-refractivity contribution in [1.29, 1.82) is 0 Å². The summed E-state index contributed by atoms with van der Waals surface area (Å²) >= 11 is 0. The van der Waals surface area contributed by atoms with E-state index in [9.17, 15) is 9.59 Å². The highest BCUT2D eigenvalue weighted by Crippen LogP contribution is 2.12. The minimum atomic E-state index is -1.12. The lowest BCUT2D eigenvalue weighted by atomic mass is 10.4. The Morgan fingerprint density at radius 2 is 2.20 bits per heavy atom. The molecular weight excluding hydrogens is 262 g/mol. The molecule has 8 heteroatoms. The molecule has 0 aliphatic rings. The normalized spacial score (nSPS) is 10.5. The number of carbonyl (C=O) groups is 2. The van der Waals surface area contributed by atoms with E-state index in [2.05, 4.69) is 15.5 Å². The molecular formula is C12H15N5O3. The molecule has 0 unspecified atom stereocenters. The van der Waals surface area contributed by atoms with Crippen molar-refractivity contribution in [2.24, 2.45) is 0 Å². The molecule has 2 aromatic rings. The van der Waals surface area contributed by atoms with Gasteiger partial charge in [-0.2, -0.15) is 10.2 Å². The number of aryl methyl sites for hydroxylation is 2. The lowest BCUT2D eigenvalue weighted by molar-refractivity contribution is -0.116. The maximum atomic E-state index is 11.9. The van der Waals surface area contributed by atoms with Gasteiger partial charge in [-0.25, -0.2) is 9.48 Å². The Kier molecular flexibility index (Phi) is 3.83. The molecule has 2 heterocycles. The SMILES string of the molecule is CCn1cc(NC(=O)Cn2nccc2C(=O)O)c(C)n1. The lowest BCUT2D eigenvalue weighted by Gasteiger charge is -2.05. The van der Waals surface area contributed by atoms with Crippen molar-refractivity contribution in [3.05, 3.63) is 29.8 Å². The molecule has 0 saturated heterocycles. The van der Waals surface area contributed by atoms with Crippen LogP contribution in [0.4, 0.5) is 5.69 Å². The number of nitrogens with zero attached hydrogens (tertiary/aromatic N) is 4. The van der Waals surface area contributed by atoms with Crippen LogP contribution in [0.15, 0.2) is 18.5 Å². The number of carbonyl (C=O) groups excluding carboxylic acids is 1. The minimum absolute atomic E-state index is 0.0267. The number of carboxylic acid groups (broad SMARTS) is 1. The van der Waals surface area contributed by atoms with E-state index in [1.807, 2.05) is 6.92 Å². The Labute approximate surface area is 115 Å². The fourth-order valence-corrected chi connectivity index (χ4v) is 1.77. The summed E-state index contributed by atoms with van der Waals surface area (Å²) < 4.78 is 2.85. The fraction of sp³-hybridized carbons (Fsp3) is 0.333. The van der Waals surface area contributed by atoms with E-state index in [0.29, 0.717) is 17.9 Å². The molecule has 0 atom stereocenters. The first-order valence-electron chi connectivity index (χ1n) is 6.10. The number of rotatable bonds is 5. The fourth-order valence-electron chi connectivity index (χ4n) is 1.77. The van der Waals surface area contributed by atoms with Gasteiger partial charge in [-0.1, -0.05) is 0 Å². The van der Waals surface area contributed by atoms with Gasteiger partial charge in [-0.05, 0) is 19.9 Å². The Morgan fingerprint density at radius 1 is 1.45 bits per heavy atom. The highest BCUT2D eigenvalue weighted by Gasteiger charge is 2.14. The van der Waals surface area contributed by atoms with Crippen LogP contribution in [-0.4, -0.2) is 36.5 Å². The molecule has 0 aliphatic carbocycles. The molecule has 0 radical (unpaired) electrons. The van der Waals surface area contributed by atoms with E-state index in [0.717, 1.165) is 4.68 Å². The van der Waals surface area contributed by atoms with E-state index in [4.69, 9.17) is 5.11 Å². The number of aromatic nitrogens is 4. The summed E-state index contributed by atoms with van der Waals surface area (Å²) in [5, 5.41) is 19.7.